The molecule has 0 spiro atoms. The number of carbonyl (C=O) groups is 2. The Hall–Kier alpha value is -2.64. The van der Waals surface area contributed by atoms with Crippen molar-refractivity contribution in [3.05, 3.63) is 59.1 Å². The van der Waals surface area contributed by atoms with Gasteiger partial charge in [-0.1, -0.05) is 23.7 Å². The Morgan fingerprint density at radius 3 is 2.46 bits per heavy atom. The lowest BCUT2D eigenvalue weighted by Gasteiger charge is -2.12. The van der Waals surface area contributed by atoms with Crippen LogP contribution < -0.4 is 15.4 Å². The Kier molecular flexibility index (Phi) is 6.11. The van der Waals surface area contributed by atoms with Gasteiger partial charge in [-0.05, 0) is 48.6 Å². The second kappa shape index (κ2) is 8.28. The van der Waals surface area contributed by atoms with E-state index in [1.807, 2.05) is 0 Å². The van der Waals surface area contributed by atoms with E-state index in [-0.39, 0.29) is 23.0 Å². The Morgan fingerprint density at radius 2 is 1.79 bits per heavy atom. The summed E-state index contributed by atoms with van der Waals surface area (Å²) in [4.78, 5) is 22.9. The molecule has 0 aliphatic heterocycles. The number of ether oxygens (including phenoxy) is 1. The average molecular weight is 365 g/mol. The highest BCUT2D eigenvalue weighted by Gasteiger charge is 2.11. The van der Waals surface area contributed by atoms with Crippen molar-refractivity contribution in [2.24, 2.45) is 0 Å². The van der Waals surface area contributed by atoms with Crippen LogP contribution in [0.1, 0.15) is 10.4 Å². The number of anilines is 1. The highest BCUT2D eigenvalue weighted by atomic mass is 35.5. The van der Waals surface area contributed by atoms with E-state index in [1.54, 1.807) is 42.5 Å². The van der Waals surface area contributed by atoms with E-state index in [9.17, 15) is 9.59 Å². The normalized spacial score (nSPS) is 9.88. The highest BCUT2D eigenvalue weighted by Crippen LogP contribution is 2.16. The summed E-state index contributed by atoms with van der Waals surface area (Å²) in [5.41, 5.74) is 0.334. The monoisotopic (exact) mass is 364 g/mol. The molecule has 0 aromatic heterocycles. The molecule has 24 heavy (non-hydrogen) atoms. The fourth-order valence-corrected chi connectivity index (χ4v) is 2.12. The number of thiocarbonyl (C=S) groups is 1. The van der Waals surface area contributed by atoms with Crippen molar-refractivity contribution < 1.29 is 19.4 Å². The number of amides is 1. The molecule has 0 aliphatic carbocycles. The smallest absolute Gasteiger partial charge is 0.337 e. The molecule has 0 saturated heterocycles. The van der Waals surface area contributed by atoms with Crippen molar-refractivity contribution in [1.82, 2.24) is 5.32 Å². The Bertz CT molecular complexity index is 765. The maximum absolute atomic E-state index is 11.8. The fourth-order valence-electron chi connectivity index (χ4n) is 1.77. The number of para-hydroxylation sites is 1. The molecule has 8 heteroatoms. The number of carbonyl (C=O) groups excluding carboxylic acids is 1. The van der Waals surface area contributed by atoms with Gasteiger partial charge in [0.15, 0.2) is 11.7 Å². The van der Waals surface area contributed by atoms with Gasteiger partial charge in [0, 0.05) is 5.02 Å². The van der Waals surface area contributed by atoms with Crippen molar-refractivity contribution in [3.63, 3.8) is 0 Å². The first-order valence-corrected chi connectivity index (χ1v) is 7.56. The molecule has 0 saturated carbocycles. The minimum absolute atomic E-state index is 0.0200. The van der Waals surface area contributed by atoms with E-state index < -0.39 is 11.9 Å². The van der Waals surface area contributed by atoms with Gasteiger partial charge in [-0.3, -0.25) is 10.1 Å². The molecule has 0 fully saturated rings. The van der Waals surface area contributed by atoms with E-state index in [0.29, 0.717) is 10.8 Å². The van der Waals surface area contributed by atoms with Crippen molar-refractivity contribution in [3.8, 4) is 5.75 Å². The summed E-state index contributed by atoms with van der Waals surface area (Å²) < 4.78 is 5.28. The minimum Gasteiger partial charge on any atom is -0.484 e. The van der Waals surface area contributed by atoms with Gasteiger partial charge in [0.1, 0.15) is 5.75 Å². The second-order valence-corrected chi connectivity index (χ2v) is 5.44. The van der Waals surface area contributed by atoms with Gasteiger partial charge < -0.3 is 15.2 Å². The maximum Gasteiger partial charge on any atom is 0.337 e. The molecule has 0 unspecified atom stereocenters. The Morgan fingerprint density at radius 1 is 1.12 bits per heavy atom. The molecule has 0 radical (unpaired) electrons. The molecule has 0 aliphatic rings. The first-order chi connectivity index (χ1) is 11.5. The van der Waals surface area contributed by atoms with Gasteiger partial charge in [0.2, 0.25) is 0 Å². The zero-order valence-electron chi connectivity index (χ0n) is 12.3. The van der Waals surface area contributed by atoms with E-state index in [2.05, 4.69) is 10.6 Å². The van der Waals surface area contributed by atoms with Crippen LogP contribution >= 0.6 is 23.8 Å². The van der Waals surface area contributed by atoms with Gasteiger partial charge in [-0.15, -0.1) is 0 Å². The van der Waals surface area contributed by atoms with Gasteiger partial charge in [-0.25, -0.2) is 4.79 Å². The molecule has 2 aromatic carbocycles. The number of hydrogen-bond donors (Lipinski definition) is 3. The van der Waals surface area contributed by atoms with E-state index in [1.165, 1.54) is 6.07 Å². The number of carboxylic acid groups (broad SMARTS) is 1. The second-order valence-electron chi connectivity index (χ2n) is 4.60. The number of aromatic carboxylic acids is 1. The van der Waals surface area contributed by atoms with E-state index in [0.717, 1.165) is 0 Å². The Balaban J connectivity index is 1.87. The van der Waals surface area contributed by atoms with Crippen molar-refractivity contribution in [2.45, 2.75) is 0 Å². The molecule has 1 amide bonds. The van der Waals surface area contributed by atoms with Crippen molar-refractivity contribution in [1.29, 1.82) is 0 Å². The molecule has 2 aromatic rings. The van der Waals surface area contributed by atoms with Crippen molar-refractivity contribution in [2.75, 3.05) is 11.9 Å². The van der Waals surface area contributed by atoms with Gasteiger partial charge in [-0.2, -0.15) is 0 Å². The molecule has 3 N–H and O–H groups in total. The number of halogens is 1. The molecule has 124 valence electrons. The lowest BCUT2D eigenvalue weighted by atomic mass is 10.2. The van der Waals surface area contributed by atoms with Crippen LogP contribution in [0.3, 0.4) is 0 Å². The highest BCUT2D eigenvalue weighted by molar-refractivity contribution is 7.80. The summed E-state index contributed by atoms with van der Waals surface area (Å²) in [7, 11) is 0. The average Bonchev–Trinajstić information content (AvgIpc) is 2.54. The summed E-state index contributed by atoms with van der Waals surface area (Å²) in [6.45, 7) is -0.246. The van der Waals surface area contributed by atoms with Crippen LogP contribution in [0.5, 0.6) is 5.75 Å². The van der Waals surface area contributed by atoms with Crippen LogP contribution in [0.2, 0.25) is 5.02 Å². The first-order valence-electron chi connectivity index (χ1n) is 6.77. The molecule has 6 nitrogen and oxygen atoms in total. The molecule has 0 bridgehead atoms. The summed E-state index contributed by atoms with van der Waals surface area (Å²) in [5.74, 6) is -1.08. The van der Waals surface area contributed by atoms with Crippen LogP contribution in [0.15, 0.2) is 48.5 Å². The van der Waals surface area contributed by atoms with Crippen LogP contribution in [-0.2, 0) is 4.79 Å². The van der Waals surface area contributed by atoms with Gasteiger partial charge in [0.05, 0.1) is 11.3 Å². The largest absolute Gasteiger partial charge is 0.484 e. The number of carboxylic acids is 1. The summed E-state index contributed by atoms with van der Waals surface area (Å²) >= 11 is 10.8. The van der Waals surface area contributed by atoms with Gasteiger partial charge >= 0.3 is 5.97 Å². The summed E-state index contributed by atoms with van der Waals surface area (Å²) in [6, 6.07) is 12.8. The SMILES string of the molecule is O=C(COc1ccc(Cl)cc1)NC(=S)Nc1ccccc1C(=O)O. The summed E-state index contributed by atoms with van der Waals surface area (Å²) in [6.07, 6.45) is 0. The Labute approximate surface area is 148 Å². The topological polar surface area (TPSA) is 87.7 Å². The zero-order chi connectivity index (χ0) is 17.5. The quantitative estimate of drug-likeness (QED) is 0.707. The molecular formula is C16H13ClN2O4S. The third-order valence-corrected chi connectivity index (χ3v) is 3.30. The molecular weight excluding hydrogens is 352 g/mol. The molecule has 0 heterocycles. The lowest BCUT2D eigenvalue weighted by Crippen LogP contribution is -2.37. The molecule has 0 atom stereocenters. The zero-order valence-corrected chi connectivity index (χ0v) is 13.9. The number of rotatable bonds is 5. The maximum atomic E-state index is 11.8. The number of benzene rings is 2. The number of hydrogen-bond acceptors (Lipinski definition) is 4. The lowest BCUT2D eigenvalue weighted by molar-refractivity contribution is -0.121. The summed E-state index contributed by atoms with van der Waals surface area (Å²) in [5, 5.41) is 14.7. The third kappa shape index (κ3) is 5.22. The van der Waals surface area contributed by atoms with Crippen LogP contribution in [-0.4, -0.2) is 28.7 Å². The van der Waals surface area contributed by atoms with Crippen LogP contribution in [0.4, 0.5) is 5.69 Å². The van der Waals surface area contributed by atoms with Gasteiger partial charge in [0.25, 0.3) is 5.91 Å². The van der Waals surface area contributed by atoms with Crippen LogP contribution in [0.25, 0.3) is 0 Å². The third-order valence-electron chi connectivity index (χ3n) is 2.84. The van der Waals surface area contributed by atoms with Crippen molar-refractivity contribution >= 4 is 46.5 Å². The fraction of sp³-hybridized carbons (Fsp3) is 0.0625. The number of nitrogens with one attached hydrogen (secondary N) is 2. The van der Waals surface area contributed by atoms with E-state index in [4.69, 9.17) is 33.7 Å². The predicted molar refractivity (Wildman–Crippen MR) is 94.7 cm³/mol. The standard InChI is InChI=1S/C16H13ClN2O4S/c17-10-5-7-11(8-6-10)23-9-14(20)19-16(24)18-13-4-2-1-3-12(13)15(21)22/h1-8H,9H2,(H,21,22)(H2,18,19,20,24). The van der Waals surface area contributed by atoms with Crippen LogP contribution in [0, 0.1) is 0 Å². The predicted octanol–water partition coefficient (Wildman–Crippen LogP) is 2.93. The van der Waals surface area contributed by atoms with E-state index >= 15 is 0 Å². The first kappa shape index (κ1) is 17.7. The molecule has 2 rings (SSSR count). The minimum atomic E-state index is -1.10.